The zero-order chi connectivity index (χ0) is 31.2. The molecule has 0 bridgehead atoms. The number of hydrogen-bond acceptors (Lipinski definition) is 10. The molecule has 0 aromatic heterocycles. The molecule has 0 aliphatic rings. The van der Waals surface area contributed by atoms with Crippen LogP contribution in [-0.2, 0) is 28.9 Å². The van der Waals surface area contributed by atoms with Gasteiger partial charge in [0.15, 0.2) is 6.26 Å². The standard InChI is InChI=1S/C34H40O10/c1-4-19-42-43-21-6-5-20-39-31-15-17-33(18-16-31)41-26-40-32-13-11-30(12-14-32)34(44-35)29-9-7-28(8-10-29)27(2)38-25-24-37-23-22-36-3/h7-19,34-35H,1-2,5-6,20-26H2,3H3. The summed E-state index contributed by atoms with van der Waals surface area (Å²) >= 11 is 0. The number of hydrogen-bond donors (Lipinski definition) is 1. The Labute approximate surface area is 258 Å². The number of rotatable bonds is 23. The lowest BCUT2D eigenvalue weighted by molar-refractivity contribution is -0.270. The SMILES string of the molecule is C=C=COOCCCCOc1ccc(OCOc2ccc(C(OO)c3ccc(C(=C)OCCOCCOC)cc3)cc2)cc1. The van der Waals surface area contributed by atoms with E-state index in [1.165, 1.54) is 6.26 Å². The van der Waals surface area contributed by atoms with Crippen molar-refractivity contribution in [2.24, 2.45) is 0 Å². The molecule has 0 saturated carbocycles. The van der Waals surface area contributed by atoms with Gasteiger partial charge in [0.05, 0.1) is 33.0 Å². The van der Waals surface area contributed by atoms with Crippen LogP contribution in [0.5, 0.6) is 17.2 Å². The fourth-order valence-corrected chi connectivity index (χ4v) is 3.82. The maximum atomic E-state index is 9.64. The fourth-order valence-electron chi connectivity index (χ4n) is 3.82. The van der Waals surface area contributed by atoms with Gasteiger partial charge in [-0.3, -0.25) is 5.26 Å². The molecule has 3 rings (SSSR count). The van der Waals surface area contributed by atoms with Gasteiger partial charge in [0.25, 0.3) is 0 Å². The van der Waals surface area contributed by atoms with Gasteiger partial charge in [0.2, 0.25) is 6.79 Å². The van der Waals surface area contributed by atoms with Crippen LogP contribution in [0.2, 0.25) is 0 Å². The predicted molar refractivity (Wildman–Crippen MR) is 164 cm³/mol. The minimum atomic E-state index is -0.680. The van der Waals surface area contributed by atoms with Crippen molar-refractivity contribution >= 4 is 5.76 Å². The minimum absolute atomic E-state index is 0.0231. The van der Waals surface area contributed by atoms with Crippen LogP contribution >= 0.6 is 0 Å². The normalized spacial score (nSPS) is 11.2. The molecule has 0 saturated heterocycles. The second kappa shape index (κ2) is 20.6. The molecule has 236 valence electrons. The van der Waals surface area contributed by atoms with E-state index in [9.17, 15) is 5.26 Å². The van der Waals surface area contributed by atoms with Gasteiger partial charge in [0, 0.05) is 12.7 Å². The lowest BCUT2D eigenvalue weighted by Crippen LogP contribution is -2.08. The van der Waals surface area contributed by atoms with Crippen molar-refractivity contribution in [3.8, 4) is 17.2 Å². The molecule has 3 aromatic carbocycles. The topological polar surface area (TPSA) is 103 Å². The predicted octanol–water partition coefficient (Wildman–Crippen LogP) is 6.74. The number of benzene rings is 3. The van der Waals surface area contributed by atoms with Gasteiger partial charge in [-0.05, 0) is 60.4 Å². The van der Waals surface area contributed by atoms with Gasteiger partial charge in [-0.15, -0.1) is 0 Å². The first-order valence-corrected chi connectivity index (χ1v) is 14.1. The van der Waals surface area contributed by atoms with Gasteiger partial charge < -0.3 is 33.3 Å². The first-order valence-electron chi connectivity index (χ1n) is 14.1. The lowest BCUT2D eigenvalue weighted by atomic mass is 10.00. The van der Waals surface area contributed by atoms with Crippen molar-refractivity contribution in [2.45, 2.75) is 18.9 Å². The zero-order valence-corrected chi connectivity index (χ0v) is 25.0. The van der Waals surface area contributed by atoms with Crippen molar-refractivity contribution in [1.82, 2.24) is 0 Å². The van der Waals surface area contributed by atoms with E-state index in [2.05, 4.69) is 18.9 Å². The molecule has 10 nitrogen and oxygen atoms in total. The van der Waals surface area contributed by atoms with Gasteiger partial charge in [-0.1, -0.05) is 55.3 Å². The van der Waals surface area contributed by atoms with E-state index >= 15 is 0 Å². The maximum absolute atomic E-state index is 9.64. The summed E-state index contributed by atoms with van der Waals surface area (Å²) < 4.78 is 33.1. The van der Waals surface area contributed by atoms with Crippen LogP contribution in [-0.4, -0.2) is 58.8 Å². The fraction of sp³-hybridized carbons (Fsp3) is 0.324. The molecule has 10 heteroatoms. The van der Waals surface area contributed by atoms with Gasteiger partial charge >= 0.3 is 0 Å². The molecule has 0 heterocycles. The third-order valence-electron chi connectivity index (χ3n) is 6.12. The van der Waals surface area contributed by atoms with Crippen LogP contribution in [0.1, 0.15) is 35.6 Å². The smallest absolute Gasteiger partial charge is 0.230 e. The highest BCUT2D eigenvalue weighted by atomic mass is 17.2. The Balaban J connectivity index is 1.38. The van der Waals surface area contributed by atoms with E-state index in [0.29, 0.717) is 56.9 Å². The molecular formula is C34H40O10. The van der Waals surface area contributed by atoms with Crippen LogP contribution in [0, 0.1) is 0 Å². The molecule has 1 atom stereocenters. The molecule has 0 aliphatic heterocycles. The van der Waals surface area contributed by atoms with Gasteiger partial charge in [0.1, 0.15) is 35.7 Å². The monoisotopic (exact) mass is 608 g/mol. The lowest BCUT2D eigenvalue weighted by Gasteiger charge is -2.16. The van der Waals surface area contributed by atoms with Crippen molar-refractivity contribution in [1.29, 1.82) is 0 Å². The Hall–Kier alpha value is -4.28. The first-order chi connectivity index (χ1) is 21.6. The quantitative estimate of drug-likeness (QED) is 0.0311. The molecule has 0 aliphatic carbocycles. The summed E-state index contributed by atoms with van der Waals surface area (Å²) in [5.41, 5.74) is 4.78. The summed E-state index contributed by atoms with van der Waals surface area (Å²) in [6.07, 6.45) is 2.20. The number of ether oxygens (including phenoxy) is 6. The zero-order valence-electron chi connectivity index (χ0n) is 25.0. The molecule has 0 radical (unpaired) electrons. The van der Waals surface area contributed by atoms with E-state index < -0.39 is 6.10 Å². The Morgan fingerprint density at radius 1 is 0.750 bits per heavy atom. The van der Waals surface area contributed by atoms with Crippen LogP contribution in [0.3, 0.4) is 0 Å². The molecule has 44 heavy (non-hydrogen) atoms. The Bertz CT molecular complexity index is 1250. The summed E-state index contributed by atoms with van der Waals surface area (Å²) in [7, 11) is 1.63. The maximum Gasteiger partial charge on any atom is 0.230 e. The van der Waals surface area contributed by atoms with Crippen LogP contribution < -0.4 is 14.2 Å². The van der Waals surface area contributed by atoms with Crippen LogP contribution in [0.4, 0.5) is 0 Å². The Morgan fingerprint density at radius 3 is 1.93 bits per heavy atom. The average Bonchev–Trinajstić information content (AvgIpc) is 3.06. The summed E-state index contributed by atoms with van der Waals surface area (Å²) in [5.74, 6) is 2.53. The Morgan fingerprint density at radius 2 is 1.32 bits per heavy atom. The molecule has 3 aromatic rings. The highest BCUT2D eigenvalue weighted by Crippen LogP contribution is 2.28. The van der Waals surface area contributed by atoms with Crippen LogP contribution in [0.15, 0.2) is 97.9 Å². The third-order valence-corrected chi connectivity index (χ3v) is 6.12. The Kier molecular flexibility index (Phi) is 16.0. The van der Waals surface area contributed by atoms with Crippen LogP contribution in [0.25, 0.3) is 5.76 Å². The van der Waals surface area contributed by atoms with E-state index in [0.717, 1.165) is 35.3 Å². The largest absolute Gasteiger partial charge is 0.494 e. The summed E-state index contributed by atoms with van der Waals surface area (Å²) in [6, 6.07) is 21.9. The van der Waals surface area contributed by atoms with E-state index in [4.69, 9.17) is 43.1 Å². The second-order valence-corrected chi connectivity index (χ2v) is 9.23. The second-order valence-electron chi connectivity index (χ2n) is 9.23. The van der Waals surface area contributed by atoms with Crippen molar-refractivity contribution in [3.63, 3.8) is 0 Å². The summed E-state index contributed by atoms with van der Waals surface area (Å²) in [4.78, 5) is 14.4. The molecule has 1 unspecified atom stereocenters. The highest BCUT2D eigenvalue weighted by Gasteiger charge is 2.16. The summed E-state index contributed by atoms with van der Waals surface area (Å²) in [6.45, 7) is 10.3. The minimum Gasteiger partial charge on any atom is -0.494 e. The van der Waals surface area contributed by atoms with E-state index in [1.807, 2.05) is 60.7 Å². The number of methoxy groups -OCH3 is 1. The van der Waals surface area contributed by atoms with Crippen molar-refractivity contribution in [2.75, 3.05) is 53.5 Å². The third kappa shape index (κ3) is 12.5. The van der Waals surface area contributed by atoms with Gasteiger partial charge in [-0.25, -0.2) is 4.89 Å². The molecule has 0 spiro atoms. The molecule has 1 N–H and O–H groups in total. The van der Waals surface area contributed by atoms with Crippen molar-refractivity contribution in [3.05, 3.63) is 115 Å². The molecule has 0 amide bonds. The number of unbranched alkanes of at least 4 members (excludes halogenated alkanes) is 1. The summed E-state index contributed by atoms with van der Waals surface area (Å²) in [5, 5.41) is 9.64. The molecular weight excluding hydrogens is 568 g/mol. The average molecular weight is 609 g/mol. The highest BCUT2D eigenvalue weighted by molar-refractivity contribution is 5.58. The first kappa shape index (κ1) is 34.2. The van der Waals surface area contributed by atoms with Crippen molar-refractivity contribution < 1.29 is 48.3 Å². The molecule has 0 fully saturated rings. The van der Waals surface area contributed by atoms with E-state index in [1.54, 1.807) is 19.2 Å². The van der Waals surface area contributed by atoms with E-state index in [-0.39, 0.29) is 6.79 Å². The van der Waals surface area contributed by atoms with Gasteiger partial charge in [-0.2, -0.15) is 4.89 Å².